The van der Waals surface area contributed by atoms with Crippen molar-refractivity contribution >= 4 is 45.4 Å². The van der Waals surface area contributed by atoms with E-state index in [1.54, 1.807) is 0 Å². The molecule has 0 saturated heterocycles. The van der Waals surface area contributed by atoms with Crippen LogP contribution in [0.3, 0.4) is 0 Å². The van der Waals surface area contributed by atoms with E-state index in [2.05, 4.69) is 176 Å². The normalized spacial score (nSPS) is 11.8. The van der Waals surface area contributed by atoms with Crippen molar-refractivity contribution in [3.05, 3.63) is 176 Å². The Balaban J connectivity index is 1.50. The molecule has 0 nitrogen and oxygen atoms in total. The first kappa shape index (κ1) is 26.1. The fraction of sp³-hybridized carbons (Fsp3) is 0. The van der Waals surface area contributed by atoms with Gasteiger partial charge in [-0.1, -0.05) is 176 Å². The van der Waals surface area contributed by atoms with Crippen molar-refractivity contribution in [2.24, 2.45) is 0 Å². The van der Waals surface area contributed by atoms with Crippen LogP contribution in [-0.2, 0) is 0 Å². The molecule has 0 aromatic heterocycles. The van der Waals surface area contributed by atoms with Gasteiger partial charge in [0.1, 0.15) is 0 Å². The predicted molar refractivity (Wildman–Crippen MR) is 195 cm³/mol. The van der Waals surface area contributed by atoms with Crippen molar-refractivity contribution in [2.75, 3.05) is 0 Å². The lowest BCUT2D eigenvalue weighted by Crippen LogP contribution is -2.23. The summed E-state index contributed by atoms with van der Waals surface area (Å²) in [5, 5.41) is 9.47. The maximum atomic E-state index is 2.36. The fourth-order valence-corrected chi connectivity index (χ4v) is 10.0. The minimum Gasteiger partial charge on any atom is -0.0622 e. The van der Waals surface area contributed by atoms with Gasteiger partial charge in [-0.05, 0) is 84.6 Å². The van der Waals surface area contributed by atoms with Gasteiger partial charge in [-0.25, -0.2) is 0 Å². The molecule has 8 aromatic carbocycles. The zero-order chi connectivity index (χ0) is 29.7. The lowest BCUT2D eigenvalue weighted by molar-refractivity contribution is 1.60. The summed E-state index contributed by atoms with van der Waals surface area (Å²) in [6.07, 6.45) is 0. The Labute approximate surface area is 265 Å². The maximum absolute atomic E-state index is 2.36. The molecule has 0 saturated carbocycles. The zero-order valence-electron chi connectivity index (χ0n) is 24.7. The van der Waals surface area contributed by atoms with Crippen LogP contribution in [0.25, 0.3) is 66.1 Å². The van der Waals surface area contributed by atoms with Crippen LogP contribution in [0.4, 0.5) is 0 Å². The number of hydrogen-bond acceptors (Lipinski definition) is 0. The van der Waals surface area contributed by atoms with Crippen molar-refractivity contribution in [1.82, 2.24) is 0 Å². The smallest absolute Gasteiger partial charge is 0.00129 e. The summed E-state index contributed by atoms with van der Waals surface area (Å²) in [6, 6.07) is 65.0. The third-order valence-electron chi connectivity index (χ3n) is 9.17. The Bertz CT molecular complexity index is 2310. The Morgan fingerprint density at radius 1 is 0.311 bits per heavy atom. The van der Waals surface area contributed by atoms with Gasteiger partial charge in [0.25, 0.3) is 0 Å². The monoisotopic (exact) mass is 588 g/mol. The van der Waals surface area contributed by atoms with Gasteiger partial charge in [0.2, 0.25) is 0 Å². The van der Waals surface area contributed by atoms with E-state index in [1.165, 1.54) is 82.0 Å². The van der Waals surface area contributed by atoms with Crippen LogP contribution < -0.4 is 15.9 Å². The van der Waals surface area contributed by atoms with Gasteiger partial charge in [-0.3, -0.25) is 0 Å². The van der Waals surface area contributed by atoms with Crippen LogP contribution in [0.1, 0.15) is 0 Å². The summed E-state index contributed by atoms with van der Waals surface area (Å²) in [6.45, 7) is 0. The third-order valence-corrected chi connectivity index (χ3v) is 11.7. The highest BCUT2D eigenvalue weighted by atomic mass is 31.1. The van der Waals surface area contributed by atoms with E-state index in [0.717, 1.165) is 0 Å². The largest absolute Gasteiger partial charge is 0.0622 e. The first-order chi connectivity index (χ1) is 22.4. The molecule has 0 N–H and O–H groups in total. The van der Waals surface area contributed by atoms with Crippen LogP contribution in [0, 0.1) is 0 Å². The number of benzene rings is 8. The average molecular weight is 589 g/mol. The lowest BCUT2D eigenvalue weighted by Gasteiger charge is -2.27. The summed E-state index contributed by atoms with van der Waals surface area (Å²) in [5.74, 6) is 0. The molecule has 9 rings (SSSR count). The van der Waals surface area contributed by atoms with Crippen LogP contribution in [-0.4, -0.2) is 0 Å². The summed E-state index contributed by atoms with van der Waals surface area (Å²) < 4.78 is 0. The maximum Gasteiger partial charge on any atom is 0.00129 e. The molecule has 1 aliphatic carbocycles. The average Bonchev–Trinajstić information content (AvgIpc) is 3.45. The Hall–Kier alpha value is -5.29. The molecule has 0 spiro atoms. The van der Waals surface area contributed by atoms with E-state index in [1.807, 2.05) is 0 Å². The molecule has 0 atom stereocenters. The van der Waals surface area contributed by atoms with Crippen molar-refractivity contribution in [1.29, 1.82) is 0 Å². The Kier molecular flexibility index (Phi) is 6.22. The summed E-state index contributed by atoms with van der Waals surface area (Å²) >= 11 is 0. The molecule has 0 heterocycles. The number of hydrogen-bond donors (Lipinski definition) is 0. The number of fused-ring (bicyclic) bond motifs is 4. The van der Waals surface area contributed by atoms with E-state index < -0.39 is 7.92 Å². The third kappa shape index (κ3) is 4.11. The second kappa shape index (κ2) is 10.7. The van der Waals surface area contributed by atoms with Crippen LogP contribution in [0.15, 0.2) is 176 Å². The van der Waals surface area contributed by atoms with E-state index in [9.17, 15) is 0 Å². The molecular formula is C44H29P. The summed E-state index contributed by atoms with van der Waals surface area (Å²) in [4.78, 5) is 0. The minimum absolute atomic E-state index is 0.867. The van der Waals surface area contributed by atoms with E-state index >= 15 is 0 Å². The van der Waals surface area contributed by atoms with Gasteiger partial charge in [0, 0.05) is 5.30 Å². The highest BCUT2D eigenvalue weighted by Crippen LogP contribution is 2.56. The Morgan fingerprint density at radius 3 is 1.44 bits per heavy atom. The molecule has 0 aliphatic heterocycles. The minimum atomic E-state index is -0.867. The molecule has 8 aromatic rings. The van der Waals surface area contributed by atoms with Gasteiger partial charge in [0.05, 0.1) is 0 Å². The molecule has 45 heavy (non-hydrogen) atoms. The van der Waals surface area contributed by atoms with Crippen molar-refractivity contribution in [3.8, 4) is 44.5 Å². The van der Waals surface area contributed by atoms with E-state index in [0.29, 0.717) is 0 Å². The lowest BCUT2D eigenvalue weighted by atomic mass is 9.85. The van der Waals surface area contributed by atoms with E-state index in [-0.39, 0.29) is 0 Å². The number of rotatable bonds is 5. The highest BCUT2D eigenvalue weighted by molar-refractivity contribution is 7.80. The topological polar surface area (TPSA) is 0 Å². The van der Waals surface area contributed by atoms with Crippen LogP contribution in [0.5, 0.6) is 0 Å². The molecular weight excluding hydrogens is 559 g/mol. The first-order valence-electron chi connectivity index (χ1n) is 15.5. The Morgan fingerprint density at radius 2 is 0.800 bits per heavy atom. The molecule has 0 radical (unpaired) electrons. The summed E-state index contributed by atoms with van der Waals surface area (Å²) in [7, 11) is -0.867. The second-order valence-corrected chi connectivity index (χ2v) is 13.8. The molecule has 0 fully saturated rings. The highest BCUT2D eigenvalue weighted by Gasteiger charge is 2.34. The van der Waals surface area contributed by atoms with Gasteiger partial charge in [-0.15, -0.1) is 0 Å². The molecule has 0 unspecified atom stereocenters. The van der Waals surface area contributed by atoms with Crippen LogP contribution >= 0.6 is 7.92 Å². The molecule has 0 amide bonds. The van der Waals surface area contributed by atoms with Crippen LogP contribution in [0.2, 0.25) is 0 Å². The zero-order valence-corrected chi connectivity index (χ0v) is 25.6. The SMILES string of the molecule is c1ccc(-c2ccccc2-c2c3c(c(P(c4ccccc4)c4ccccc4)c4ccccc24)-c2cccc4cccc-3c24)cc1. The van der Waals surface area contributed by atoms with Crippen molar-refractivity contribution in [2.45, 2.75) is 0 Å². The van der Waals surface area contributed by atoms with Gasteiger partial charge >= 0.3 is 0 Å². The molecule has 0 bridgehead atoms. The quantitative estimate of drug-likeness (QED) is 0.176. The fourth-order valence-electron chi connectivity index (χ4n) is 7.35. The molecule has 1 aliphatic rings. The summed E-state index contributed by atoms with van der Waals surface area (Å²) in [5.41, 5.74) is 10.5. The molecule has 1 heteroatoms. The second-order valence-electron chi connectivity index (χ2n) is 11.6. The predicted octanol–water partition coefficient (Wildman–Crippen LogP) is 10.7. The van der Waals surface area contributed by atoms with Crippen molar-refractivity contribution < 1.29 is 0 Å². The van der Waals surface area contributed by atoms with Gasteiger partial charge in [0.15, 0.2) is 0 Å². The molecule has 210 valence electrons. The van der Waals surface area contributed by atoms with E-state index in [4.69, 9.17) is 0 Å². The van der Waals surface area contributed by atoms with Gasteiger partial charge in [-0.2, -0.15) is 0 Å². The van der Waals surface area contributed by atoms with Crippen molar-refractivity contribution in [3.63, 3.8) is 0 Å². The first-order valence-corrected chi connectivity index (χ1v) is 16.9. The van der Waals surface area contributed by atoms with Gasteiger partial charge < -0.3 is 0 Å². The standard InChI is InChI=1S/C44H29P/c1-4-16-30(17-5-1)34-24-10-11-25-35(34)41-36-26-12-13-27-37(36)44(45(32-20-6-2-7-21-32)33-22-8-3-9-23-33)43-39-29-15-19-31-18-14-28-38(40(31)39)42(41)43/h1-29H.